The van der Waals surface area contributed by atoms with Crippen LogP contribution in [0.5, 0.6) is 11.5 Å². The van der Waals surface area contributed by atoms with Gasteiger partial charge >= 0.3 is 0 Å². The molecule has 2 aromatic rings. The van der Waals surface area contributed by atoms with Crippen molar-refractivity contribution < 1.29 is 23.0 Å². The third-order valence-corrected chi connectivity index (χ3v) is 3.99. The summed E-state index contributed by atoms with van der Waals surface area (Å²) in [4.78, 5) is 12.1. The summed E-state index contributed by atoms with van der Waals surface area (Å²) in [7, 11) is 3.08. The zero-order valence-electron chi connectivity index (χ0n) is 16.2. The highest BCUT2D eigenvalue weighted by Gasteiger charge is 2.19. The lowest BCUT2D eigenvalue weighted by Crippen LogP contribution is -2.10. The van der Waals surface area contributed by atoms with Gasteiger partial charge in [0.2, 0.25) is 11.8 Å². The number of carbonyl (C=O) groups excluding carboxylic acids is 1. The molecule has 1 heterocycles. The molecule has 0 unspecified atom stereocenters. The number of ether oxygens (including phenoxy) is 2. The van der Waals surface area contributed by atoms with Crippen molar-refractivity contribution in [1.82, 2.24) is 9.78 Å². The number of aryl methyl sites for hydroxylation is 1. The van der Waals surface area contributed by atoms with Gasteiger partial charge in [-0.15, -0.1) is 0 Å². The first-order valence-electron chi connectivity index (χ1n) is 8.94. The first-order valence-corrected chi connectivity index (χ1v) is 8.94. The molecule has 6 nitrogen and oxygen atoms in total. The Morgan fingerprint density at radius 2 is 2.04 bits per heavy atom. The standard InChI is InChI=1S/C20H25F2N3O3/c1-20(21,22)12-4-5-13-25-14-11-17(24-25)23-18(26)10-9-15-7-6-8-16(27-2)19(15)28-3/h6-11,14H,4-5,12-13H2,1-3H3,(H,23,24,26)/b10-9+. The molecule has 28 heavy (non-hydrogen) atoms. The van der Waals surface area contributed by atoms with Gasteiger partial charge in [0.25, 0.3) is 0 Å². The number of nitrogens with one attached hydrogen (secondary N) is 1. The minimum atomic E-state index is -2.64. The SMILES string of the molecule is COc1cccc(/C=C/C(=O)Nc2ccn(CCCCC(C)(F)F)n2)c1OC. The van der Waals surface area contributed by atoms with E-state index in [2.05, 4.69) is 10.4 Å². The molecule has 0 atom stereocenters. The number of hydrogen-bond acceptors (Lipinski definition) is 4. The molecule has 1 N–H and O–H groups in total. The lowest BCUT2D eigenvalue weighted by atomic mass is 10.1. The molecule has 0 saturated carbocycles. The minimum absolute atomic E-state index is 0.142. The maximum atomic E-state index is 12.8. The molecular weight excluding hydrogens is 368 g/mol. The predicted molar refractivity (Wildman–Crippen MR) is 104 cm³/mol. The normalized spacial score (nSPS) is 11.6. The van der Waals surface area contributed by atoms with Gasteiger partial charge in [-0.1, -0.05) is 12.1 Å². The number of anilines is 1. The van der Waals surface area contributed by atoms with Crippen molar-refractivity contribution in [3.05, 3.63) is 42.1 Å². The van der Waals surface area contributed by atoms with E-state index in [1.807, 2.05) is 0 Å². The highest BCUT2D eigenvalue weighted by molar-refractivity contribution is 6.01. The Morgan fingerprint density at radius 3 is 2.71 bits per heavy atom. The Hall–Kier alpha value is -2.90. The average molecular weight is 393 g/mol. The summed E-state index contributed by atoms with van der Waals surface area (Å²) < 4.78 is 37.7. The lowest BCUT2D eigenvalue weighted by molar-refractivity contribution is -0.111. The molecule has 0 aliphatic heterocycles. The van der Waals surface area contributed by atoms with Crippen molar-refractivity contribution in [3.63, 3.8) is 0 Å². The van der Waals surface area contributed by atoms with Crippen LogP contribution in [0.15, 0.2) is 36.5 Å². The van der Waals surface area contributed by atoms with Gasteiger partial charge in [0.1, 0.15) is 0 Å². The van der Waals surface area contributed by atoms with Crippen molar-refractivity contribution in [2.45, 2.75) is 38.7 Å². The number of benzene rings is 1. The number of alkyl halides is 2. The Morgan fingerprint density at radius 1 is 1.25 bits per heavy atom. The van der Waals surface area contributed by atoms with Gasteiger partial charge in [-0.05, 0) is 31.9 Å². The van der Waals surface area contributed by atoms with Crippen molar-refractivity contribution >= 4 is 17.8 Å². The van der Waals surface area contributed by atoms with Crippen molar-refractivity contribution in [1.29, 1.82) is 0 Å². The van der Waals surface area contributed by atoms with E-state index in [1.165, 1.54) is 13.2 Å². The first-order chi connectivity index (χ1) is 13.3. The number of amides is 1. The number of unbranched alkanes of at least 4 members (excludes halogenated alkanes) is 1. The molecule has 2 rings (SSSR count). The number of halogens is 2. The third kappa shape index (κ3) is 6.68. The van der Waals surface area contributed by atoms with Gasteiger partial charge in [0, 0.05) is 36.9 Å². The number of aromatic nitrogens is 2. The zero-order chi connectivity index (χ0) is 20.6. The van der Waals surface area contributed by atoms with Crippen LogP contribution in [0.4, 0.5) is 14.6 Å². The average Bonchev–Trinajstić information content (AvgIpc) is 3.09. The van der Waals surface area contributed by atoms with Gasteiger partial charge in [0.15, 0.2) is 17.3 Å². The fourth-order valence-corrected chi connectivity index (χ4v) is 2.64. The Labute approximate surface area is 163 Å². The van der Waals surface area contributed by atoms with Gasteiger partial charge in [-0.3, -0.25) is 9.48 Å². The molecule has 0 aliphatic rings. The highest BCUT2D eigenvalue weighted by atomic mass is 19.3. The fourth-order valence-electron chi connectivity index (χ4n) is 2.64. The molecular formula is C20H25F2N3O3. The predicted octanol–water partition coefficient (Wildman–Crippen LogP) is 4.38. The lowest BCUT2D eigenvalue weighted by Gasteiger charge is -2.09. The highest BCUT2D eigenvalue weighted by Crippen LogP contribution is 2.31. The Bertz CT molecular complexity index is 813. The van der Waals surface area contributed by atoms with E-state index < -0.39 is 5.92 Å². The van der Waals surface area contributed by atoms with Gasteiger partial charge in [0.05, 0.1) is 14.2 Å². The van der Waals surface area contributed by atoms with Crippen molar-refractivity contribution in [2.24, 2.45) is 0 Å². The van der Waals surface area contributed by atoms with E-state index in [-0.39, 0.29) is 12.3 Å². The molecule has 0 radical (unpaired) electrons. The first kappa shape index (κ1) is 21.4. The van der Waals surface area contributed by atoms with E-state index in [4.69, 9.17) is 9.47 Å². The fraction of sp³-hybridized carbons (Fsp3) is 0.400. The Kier molecular flexibility index (Phi) is 7.54. The van der Waals surface area contributed by atoms with Crippen LogP contribution in [0.25, 0.3) is 6.08 Å². The van der Waals surface area contributed by atoms with Crippen LogP contribution in [0.3, 0.4) is 0 Å². The molecule has 0 aliphatic carbocycles. The minimum Gasteiger partial charge on any atom is -0.493 e. The molecule has 0 spiro atoms. The van der Waals surface area contributed by atoms with Crippen LogP contribution in [0, 0.1) is 0 Å². The molecule has 0 bridgehead atoms. The largest absolute Gasteiger partial charge is 0.493 e. The second kappa shape index (κ2) is 9.87. The van der Waals surface area contributed by atoms with Crippen LogP contribution >= 0.6 is 0 Å². The summed E-state index contributed by atoms with van der Waals surface area (Å²) in [5, 5.41) is 6.88. The summed E-state index contributed by atoms with van der Waals surface area (Å²) >= 11 is 0. The number of rotatable bonds is 10. The molecule has 1 amide bonds. The molecule has 1 aromatic heterocycles. The number of methoxy groups -OCH3 is 2. The van der Waals surface area contributed by atoms with E-state index in [9.17, 15) is 13.6 Å². The maximum Gasteiger partial charge on any atom is 0.249 e. The number of para-hydroxylation sites is 1. The van der Waals surface area contributed by atoms with Crippen LogP contribution in [-0.4, -0.2) is 35.8 Å². The zero-order valence-corrected chi connectivity index (χ0v) is 16.2. The van der Waals surface area contributed by atoms with Crippen LogP contribution in [0.2, 0.25) is 0 Å². The van der Waals surface area contributed by atoms with Crippen molar-refractivity contribution in [2.75, 3.05) is 19.5 Å². The van der Waals surface area contributed by atoms with E-state index in [0.717, 1.165) is 6.92 Å². The topological polar surface area (TPSA) is 65.4 Å². The summed E-state index contributed by atoms with van der Waals surface area (Å²) in [6.07, 6.45) is 5.56. The summed E-state index contributed by atoms with van der Waals surface area (Å²) in [6, 6.07) is 7.03. The second-order valence-electron chi connectivity index (χ2n) is 6.40. The number of nitrogens with zero attached hydrogens (tertiary/aromatic N) is 2. The molecule has 8 heteroatoms. The number of carbonyl (C=O) groups is 1. The van der Waals surface area contributed by atoms with Gasteiger partial charge < -0.3 is 14.8 Å². The summed E-state index contributed by atoms with van der Waals surface area (Å²) in [5.41, 5.74) is 0.704. The van der Waals surface area contributed by atoms with Crippen LogP contribution < -0.4 is 14.8 Å². The smallest absolute Gasteiger partial charge is 0.249 e. The van der Waals surface area contributed by atoms with Crippen molar-refractivity contribution in [3.8, 4) is 11.5 Å². The molecule has 0 fully saturated rings. The molecule has 1 aromatic carbocycles. The van der Waals surface area contributed by atoms with Gasteiger partial charge in [-0.25, -0.2) is 8.78 Å². The quantitative estimate of drug-likeness (QED) is 0.481. The third-order valence-electron chi connectivity index (χ3n) is 3.99. The van der Waals surface area contributed by atoms with E-state index in [0.29, 0.717) is 42.3 Å². The van der Waals surface area contributed by atoms with E-state index >= 15 is 0 Å². The number of hydrogen-bond donors (Lipinski definition) is 1. The van der Waals surface area contributed by atoms with E-state index in [1.54, 1.807) is 48.3 Å². The van der Waals surface area contributed by atoms with Gasteiger partial charge in [-0.2, -0.15) is 5.10 Å². The maximum absolute atomic E-state index is 12.8. The monoisotopic (exact) mass is 393 g/mol. The Balaban J connectivity index is 1.89. The molecule has 152 valence electrons. The van der Waals surface area contributed by atoms with Crippen LogP contribution in [0.1, 0.15) is 31.7 Å². The summed E-state index contributed by atoms with van der Waals surface area (Å²) in [5.74, 6) is -1.48. The van der Waals surface area contributed by atoms with Crippen LogP contribution in [-0.2, 0) is 11.3 Å². The second-order valence-corrected chi connectivity index (χ2v) is 6.40. The summed E-state index contributed by atoms with van der Waals surface area (Å²) in [6.45, 7) is 1.44. The molecule has 0 saturated heterocycles.